The third-order valence-electron chi connectivity index (χ3n) is 3.48. The van der Waals surface area contributed by atoms with Crippen molar-refractivity contribution in [3.63, 3.8) is 0 Å². The summed E-state index contributed by atoms with van der Waals surface area (Å²) in [4.78, 5) is 25.2. The quantitative estimate of drug-likeness (QED) is 0.720. The van der Waals surface area contributed by atoms with Gasteiger partial charge in [-0.3, -0.25) is 9.59 Å². The highest BCUT2D eigenvalue weighted by atomic mass is 16.5. The van der Waals surface area contributed by atoms with Crippen molar-refractivity contribution in [2.45, 2.75) is 47.0 Å². The van der Waals surface area contributed by atoms with Gasteiger partial charge in [0.15, 0.2) is 0 Å². The van der Waals surface area contributed by atoms with Crippen LogP contribution < -0.4 is 0 Å². The molecule has 0 aliphatic carbocycles. The van der Waals surface area contributed by atoms with Crippen LogP contribution in [0.25, 0.3) is 0 Å². The molecule has 1 rings (SSSR count). The van der Waals surface area contributed by atoms with Crippen LogP contribution in [0.4, 0.5) is 0 Å². The minimum Gasteiger partial charge on any atom is -0.465 e. The number of hydrogen-bond donors (Lipinski definition) is 0. The Balaban J connectivity index is 2.23. The summed E-state index contributed by atoms with van der Waals surface area (Å²) in [6.07, 6.45) is 2.37. The van der Waals surface area contributed by atoms with E-state index in [9.17, 15) is 9.59 Å². The van der Waals surface area contributed by atoms with E-state index in [2.05, 4.69) is 0 Å². The lowest BCUT2D eigenvalue weighted by molar-refractivity contribution is -0.147. The van der Waals surface area contributed by atoms with E-state index in [4.69, 9.17) is 4.74 Å². The third kappa shape index (κ3) is 5.62. The monoisotopic (exact) mass is 269 g/mol. The van der Waals surface area contributed by atoms with Gasteiger partial charge >= 0.3 is 5.97 Å². The molecule has 4 heteroatoms. The zero-order chi connectivity index (χ0) is 14.4. The molecule has 110 valence electrons. The van der Waals surface area contributed by atoms with E-state index in [1.807, 2.05) is 32.6 Å². The second-order valence-electron chi connectivity index (χ2n) is 6.20. The minimum absolute atomic E-state index is 0.0698. The van der Waals surface area contributed by atoms with E-state index in [-0.39, 0.29) is 17.8 Å². The van der Waals surface area contributed by atoms with Crippen LogP contribution in [0, 0.1) is 17.8 Å². The van der Waals surface area contributed by atoms with Gasteiger partial charge in [0.1, 0.15) is 0 Å². The minimum atomic E-state index is -0.101. The smallest absolute Gasteiger partial charge is 0.306 e. The highest BCUT2D eigenvalue weighted by Crippen LogP contribution is 2.19. The summed E-state index contributed by atoms with van der Waals surface area (Å²) in [6, 6.07) is 0. The van der Waals surface area contributed by atoms with Crippen LogP contribution >= 0.6 is 0 Å². The average molecular weight is 269 g/mol. The topological polar surface area (TPSA) is 46.6 Å². The lowest BCUT2D eigenvalue weighted by Gasteiger charge is -2.32. The number of likely N-dealkylation sites (tertiary alicyclic amines) is 1. The summed E-state index contributed by atoms with van der Waals surface area (Å²) in [5, 5.41) is 0. The maximum absolute atomic E-state index is 11.8. The number of amides is 1. The van der Waals surface area contributed by atoms with Crippen LogP contribution in [0.2, 0.25) is 0 Å². The van der Waals surface area contributed by atoms with Crippen molar-refractivity contribution >= 4 is 11.9 Å². The summed E-state index contributed by atoms with van der Waals surface area (Å²) in [5.74, 6) is 0.955. The fourth-order valence-corrected chi connectivity index (χ4v) is 2.29. The fraction of sp³-hybridized carbons (Fsp3) is 0.867. The first-order valence-electron chi connectivity index (χ1n) is 7.34. The number of rotatable bonds is 5. The number of ether oxygens (including phenoxy) is 1. The number of hydrogen-bond acceptors (Lipinski definition) is 3. The van der Waals surface area contributed by atoms with Crippen LogP contribution in [-0.4, -0.2) is 36.5 Å². The number of carbonyl (C=O) groups excluding carboxylic acids is 2. The molecular formula is C15H27NO3. The van der Waals surface area contributed by atoms with E-state index < -0.39 is 0 Å². The molecule has 0 bridgehead atoms. The number of esters is 1. The molecule has 0 spiro atoms. The van der Waals surface area contributed by atoms with Crippen molar-refractivity contribution in [3.05, 3.63) is 0 Å². The van der Waals surface area contributed by atoms with E-state index in [0.717, 1.165) is 25.9 Å². The summed E-state index contributed by atoms with van der Waals surface area (Å²) < 4.78 is 5.29. The van der Waals surface area contributed by atoms with Gasteiger partial charge in [-0.1, -0.05) is 27.7 Å². The zero-order valence-corrected chi connectivity index (χ0v) is 12.6. The Labute approximate surface area is 116 Å². The SMILES string of the molecule is CC(C)CC(=O)OCC1CCN(C(=O)C(C)C)CC1. The second kappa shape index (κ2) is 7.51. The number of nitrogens with zero attached hydrogens (tertiary/aromatic N) is 1. The zero-order valence-electron chi connectivity index (χ0n) is 12.6. The maximum atomic E-state index is 11.8. The van der Waals surface area contributed by atoms with Gasteiger partial charge < -0.3 is 9.64 Å². The van der Waals surface area contributed by atoms with Crippen LogP contribution in [0.3, 0.4) is 0 Å². The molecule has 0 aromatic heterocycles. The van der Waals surface area contributed by atoms with Gasteiger partial charge in [0.25, 0.3) is 0 Å². The number of piperidine rings is 1. The second-order valence-corrected chi connectivity index (χ2v) is 6.20. The van der Waals surface area contributed by atoms with Gasteiger partial charge in [-0.15, -0.1) is 0 Å². The Morgan fingerprint density at radius 1 is 1.16 bits per heavy atom. The van der Waals surface area contributed by atoms with Gasteiger partial charge in [-0.05, 0) is 24.7 Å². The summed E-state index contributed by atoms with van der Waals surface area (Å²) >= 11 is 0. The number of carbonyl (C=O) groups is 2. The molecule has 0 radical (unpaired) electrons. The van der Waals surface area contributed by atoms with Gasteiger partial charge in [-0.2, -0.15) is 0 Å². The van der Waals surface area contributed by atoms with Crippen LogP contribution in [0.15, 0.2) is 0 Å². The first-order chi connectivity index (χ1) is 8.90. The normalized spacial score (nSPS) is 17.1. The Bertz CT molecular complexity index is 305. The molecular weight excluding hydrogens is 242 g/mol. The molecule has 1 aliphatic heterocycles. The molecule has 1 aliphatic rings. The maximum Gasteiger partial charge on any atom is 0.306 e. The van der Waals surface area contributed by atoms with E-state index in [0.29, 0.717) is 24.9 Å². The predicted molar refractivity (Wildman–Crippen MR) is 74.6 cm³/mol. The molecule has 1 fully saturated rings. The van der Waals surface area contributed by atoms with E-state index >= 15 is 0 Å². The molecule has 0 N–H and O–H groups in total. The highest BCUT2D eigenvalue weighted by Gasteiger charge is 2.24. The molecule has 1 amide bonds. The first-order valence-corrected chi connectivity index (χ1v) is 7.34. The molecule has 0 atom stereocenters. The van der Waals surface area contributed by atoms with Crippen molar-refractivity contribution in [3.8, 4) is 0 Å². The Morgan fingerprint density at radius 2 is 1.74 bits per heavy atom. The van der Waals surface area contributed by atoms with Crippen molar-refractivity contribution in [2.75, 3.05) is 19.7 Å². The average Bonchev–Trinajstić information content (AvgIpc) is 2.35. The van der Waals surface area contributed by atoms with Gasteiger partial charge in [0, 0.05) is 25.4 Å². The lowest BCUT2D eigenvalue weighted by atomic mass is 9.97. The summed E-state index contributed by atoms with van der Waals surface area (Å²) in [5.41, 5.74) is 0. The van der Waals surface area contributed by atoms with E-state index in [1.165, 1.54) is 0 Å². The largest absolute Gasteiger partial charge is 0.465 e. The standard InChI is InChI=1S/C15H27NO3/c1-11(2)9-14(17)19-10-13-5-7-16(8-6-13)15(18)12(3)4/h11-13H,5-10H2,1-4H3. The fourth-order valence-electron chi connectivity index (χ4n) is 2.29. The van der Waals surface area contributed by atoms with E-state index in [1.54, 1.807) is 0 Å². The third-order valence-corrected chi connectivity index (χ3v) is 3.48. The summed E-state index contributed by atoms with van der Waals surface area (Å²) in [7, 11) is 0. The van der Waals surface area contributed by atoms with Crippen LogP contribution in [0.1, 0.15) is 47.0 Å². The Morgan fingerprint density at radius 3 is 2.21 bits per heavy atom. The Hall–Kier alpha value is -1.06. The van der Waals surface area contributed by atoms with Crippen molar-refractivity contribution in [2.24, 2.45) is 17.8 Å². The first kappa shape index (κ1) is 16.0. The van der Waals surface area contributed by atoms with Crippen molar-refractivity contribution in [1.82, 2.24) is 4.90 Å². The van der Waals surface area contributed by atoms with Crippen molar-refractivity contribution < 1.29 is 14.3 Å². The van der Waals surface area contributed by atoms with Gasteiger partial charge in [0.05, 0.1) is 6.61 Å². The molecule has 0 aromatic rings. The molecule has 19 heavy (non-hydrogen) atoms. The molecule has 4 nitrogen and oxygen atoms in total. The predicted octanol–water partition coefficient (Wildman–Crippen LogP) is 2.47. The Kier molecular flexibility index (Phi) is 6.32. The van der Waals surface area contributed by atoms with Crippen molar-refractivity contribution in [1.29, 1.82) is 0 Å². The molecule has 0 unspecified atom stereocenters. The molecule has 0 aromatic carbocycles. The van der Waals surface area contributed by atoms with Gasteiger partial charge in [-0.25, -0.2) is 0 Å². The molecule has 1 saturated heterocycles. The molecule has 0 saturated carbocycles. The molecule has 1 heterocycles. The van der Waals surface area contributed by atoms with Gasteiger partial charge in [0.2, 0.25) is 5.91 Å². The summed E-state index contributed by atoms with van der Waals surface area (Å²) in [6.45, 7) is 9.99. The van der Waals surface area contributed by atoms with Crippen LogP contribution in [0.5, 0.6) is 0 Å². The van der Waals surface area contributed by atoms with Crippen LogP contribution in [-0.2, 0) is 14.3 Å². The lowest BCUT2D eigenvalue weighted by Crippen LogP contribution is -2.41. The highest BCUT2D eigenvalue weighted by molar-refractivity contribution is 5.78.